The maximum Gasteiger partial charge on any atom is 0.187 e. The van der Waals surface area contributed by atoms with Gasteiger partial charge in [-0.15, -0.1) is 11.6 Å². The first-order valence-electron chi connectivity index (χ1n) is 2.69. The van der Waals surface area contributed by atoms with Crippen LogP contribution in [-0.4, -0.2) is 34.2 Å². The minimum Gasteiger partial charge on any atom is -0.301 e. The number of halogens is 1. The number of alkyl halides is 1. The van der Waals surface area contributed by atoms with Gasteiger partial charge in [-0.2, -0.15) is 0 Å². The Hall–Kier alpha value is -0.0600. The number of rotatable bonds is 1. The van der Waals surface area contributed by atoms with Gasteiger partial charge in [-0.3, -0.25) is 4.79 Å². The van der Waals surface area contributed by atoms with Crippen LogP contribution in [0.5, 0.6) is 0 Å². The molecule has 0 aliphatic carbocycles. The van der Waals surface area contributed by atoms with Gasteiger partial charge in [0.15, 0.2) is 10.5 Å². The van der Waals surface area contributed by atoms with Crippen molar-refractivity contribution in [3.05, 3.63) is 0 Å². The molecule has 56 valence electrons. The zero-order chi connectivity index (χ0) is 7.72. The molecule has 2 atom stereocenters. The van der Waals surface area contributed by atoms with Gasteiger partial charge in [0.05, 0.1) is 0 Å². The molecule has 1 aliphatic heterocycles. The second-order valence-electron chi connectivity index (χ2n) is 1.95. The summed E-state index contributed by atoms with van der Waals surface area (Å²) in [6.07, 6.45) is 0.609. The van der Waals surface area contributed by atoms with Crippen LogP contribution in [0.3, 0.4) is 0 Å². The van der Waals surface area contributed by atoms with Crippen LogP contribution in [0.15, 0.2) is 0 Å². The molecular weight excluding hydrogens is 174 g/mol. The molecule has 0 aromatic carbocycles. The van der Waals surface area contributed by atoms with Gasteiger partial charge in [0.1, 0.15) is 12.3 Å². The molecule has 0 aromatic rings. The summed E-state index contributed by atoms with van der Waals surface area (Å²) in [5.41, 5.74) is 0. The summed E-state index contributed by atoms with van der Waals surface area (Å²) in [5, 5.41) is 0. The number of nitrogens with zero attached hydrogens (tertiary/aromatic N) is 1. The van der Waals surface area contributed by atoms with Crippen molar-refractivity contribution in [3.63, 3.8) is 0 Å². The molecule has 0 amide bonds. The van der Waals surface area contributed by atoms with Crippen molar-refractivity contribution in [2.24, 2.45) is 0 Å². The van der Waals surface area contributed by atoms with E-state index < -0.39 is 10.8 Å². The molecule has 1 saturated heterocycles. The first-order chi connectivity index (χ1) is 4.66. The largest absolute Gasteiger partial charge is 0.301 e. The van der Waals surface area contributed by atoms with Crippen molar-refractivity contribution < 1.29 is 9.59 Å². The highest BCUT2D eigenvalue weighted by molar-refractivity contribution is 8.00. The average molecular weight is 180 g/mol. The second-order valence-corrected chi connectivity index (χ2v) is 3.90. The SMILES string of the molecule is CN1SC(Cl)C(=O)C1C=O. The molecule has 0 saturated carbocycles. The van der Waals surface area contributed by atoms with Gasteiger partial charge in [-0.1, -0.05) is 11.9 Å². The Kier molecular flexibility index (Phi) is 2.33. The van der Waals surface area contributed by atoms with E-state index in [-0.39, 0.29) is 5.78 Å². The van der Waals surface area contributed by atoms with Crippen LogP contribution in [0.4, 0.5) is 0 Å². The predicted molar refractivity (Wildman–Crippen MR) is 39.9 cm³/mol. The topological polar surface area (TPSA) is 37.4 Å². The fourth-order valence-corrected chi connectivity index (χ4v) is 2.06. The zero-order valence-corrected chi connectivity index (χ0v) is 6.85. The van der Waals surface area contributed by atoms with Gasteiger partial charge in [0.2, 0.25) is 0 Å². The lowest BCUT2D eigenvalue weighted by molar-refractivity contribution is -0.124. The second kappa shape index (κ2) is 2.90. The Bertz CT molecular complexity index is 175. The van der Waals surface area contributed by atoms with Crippen LogP contribution in [0.1, 0.15) is 0 Å². The highest BCUT2D eigenvalue weighted by Crippen LogP contribution is 2.30. The van der Waals surface area contributed by atoms with E-state index in [9.17, 15) is 9.59 Å². The van der Waals surface area contributed by atoms with Gasteiger partial charge in [0, 0.05) is 0 Å². The lowest BCUT2D eigenvalue weighted by Gasteiger charge is -2.07. The number of ketones is 1. The molecule has 1 aliphatic rings. The number of hydrogen-bond acceptors (Lipinski definition) is 4. The van der Waals surface area contributed by atoms with E-state index in [1.165, 1.54) is 11.9 Å². The van der Waals surface area contributed by atoms with E-state index in [0.717, 1.165) is 0 Å². The summed E-state index contributed by atoms with van der Waals surface area (Å²) in [5.74, 6) is -0.218. The lowest BCUT2D eigenvalue weighted by atomic mass is 10.2. The third-order valence-corrected chi connectivity index (χ3v) is 2.73. The van der Waals surface area contributed by atoms with Gasteiger partial charge in [-0.05, 0) is 7.05 Å². The maximum atomic E-state index is 10.9. The molecular formula is C5H6ClNO2S. The monoisotopic (exact) mass is 179 g/mol. The van der Waals surface area contributed by atoms with Crippen LogP contribution in [0.25, 0.3) is 0 Å². The predicted octanol–water partition coefficient (Wildman–Crippen LogP) is 0.282. The van der Waals surface area contributed by atoms with Crippen molar-refractivity contribution in [3.8, 4) is 0 Å². The van der Waals surface area contributed by atoms with E-state index in [4.69, 9.17) is 11.6 Å². The fraction of sp³-hybridized carbons (Fsp3) is 0.600. The Morgan fingerprint density at radius 2 is 2.40 bits per heavy atom. The summed E-state index contributed by atoms with van der Waals surface area (Å²) < 4.78 is 0.979. The van der Waals surface area contributed by atoms with Gasteiger partial charge >= 0.3 is 0 Å². The molecule has 0 aromatic heterocycles. The van der Waals surface area contributed by atoms with Crippen molar-refractivity contribution in [2.45, 2.75) is 10.8 Å². The van der Waals surface area contributed by atoms with Crippen molar-refractivity contribution in [2.75, 3.05) is 7.05 Å². The molecule has 3 nitrogen and oxygen atoms in total. The number of carbonyl (C=O) groups excluding carboxylic acids is 2. The number of likely N-dealkylation sites (N-methyl/N-ethyl adjacent to an activating group) is 1. The minimum atomic E-state index is -0.646. The van der Waals surface area contributed by atoms with E-state index in [1.54, 1.807) is 11.4 Å². The molecule has 1 heterocycles. The average Bonchev–Trinajstić information content (AvgIpc) is 2.09. The molecule has 2 unspecified atom stereocenters. The van der Waals surface area contributed by atoms with E-state index in [1.807, 2.05) is 0 Å². The van der Waals surface area contributed by atoms with Crippen LogP contribution < -0.4 is 0 Å². The Balaban J connectivity index is 2.73. The molecule has 5 heteroatoms. The third kappa shape index (κ3) is 1.19. The lowest BCUT2D eigenvalue weighted by Crippen LogP contribution is -2.29. The first kappa shape index (κ1) is 8.04. The van der Waals surface area contributed by atoms with E-state index in [0.29, 0.717) is 6.29 Å². The van der Waals surface area contributed by atoms with Crippen molar-refractivity contribution in [1.82, 2.24) is 4.31 Å². The smallest absolute Gasteiger partial charge is 0.187 e. The first-order valence-corrected chi connectivity index (χ1v) is 3.97. The van der Waals surface area contributed by atoms with Crippen LogP contribution in [0, 0.1) is 0 Å². The molecule has 10 heavy (non-hydrogen) atoms. The normalized spacial score (nSPS) is 34.8. The summed E-state index contributed by atoms with van der Waals surface area (Å²) in [6, 6.07) is -0.646. The van der Waals surface area contributed by atoms with Crippen LogP contribution >= 0.6 is 23.5 Å². The maximum absolute atomic E-state index is 10.9. The number of aldehydes is 1. The van der Waals surface area contributed by atoms with Crippen LogP contribution in [0.2, 0.25) is 0 Å². The Morgan fingerprint density at radius 3 is 2.60 bits per heavy atom. The summed E-state index contributed by atoms with van der Waals surface area (Å²) in [7, 11) is 1.67. The summed E-state index contributed by atoms with van der Waals surface area (Å²) in [6.45, 7) is 0. The highest BCUT2D eigenvalue weighted by Gasteiger charge is 2.37. The molecule has 0 spiro atoms. The third-order valence-electron chi connectivity index (χ3n) is 1.29. The standard InChI is InChI=1S/C5H6ClNO2S/c1-7-3(2-8)4(9)5(6)10-7/h2-3,5H,1H3. The van der Waals surface area contributed by atoms with E-state index in [2.05, 4.69) is 0 Å². The summed E-state index contributed by atoms with van der Waals surface area (Å²) in [4.78, 5) is 21.2. The number of carbonyl (C=O) groups is 2. The fourth-order valence-electron chi connectivity index (χ4n) is 0.730. The van der Waals surface area contributed by atoms with Crippen LogP contribution in [-0.2, 0) is 9.59 Å². The molecule has 0 radical (unpaired) electrons. The Morgan fingerprint density at radius 1 is 1.80 bits per heavy atom. The van der Waals surface area contributed by atoms with Crippen molar-refractivity contribution in [1.29, 1.82) is 0 Å². The molecule has 0 N–H and O–H groups in total. The Labute approximate surface area is 67.8 Å². The van der Waals surface area contributed by atoms with Gasteiger partial charge in [-0.25, -0.2) is 4.31 Å². The number of Topliss-reactive ketones (excluding diaryl/α,β-unsaturated/α-hetero) is 1. The quantitative estimate of drug-likeness (QED) is 0.251. The molecule has 0 bridgehead atoms. The number of hydrogen-bond donors (Lipinski definition) is 0. The minimum absolute atomic E-state index is 0.218. The van der Waals surface area contributed by atoms with E-state index >= 15 is 0 Å². The molecule has 1 fully saturated rings. The molecule has 1 rings (SSSR count). The van der Waals surface area contributed by atoms with Gasteiger partial charge < -0.3 is 4.79 Å². The highest BCUT2D eigenvalue weighted by atomic mass is 35.5. The van der Waals surface area contributed by atoms with Crippen molar-refractivity contribution >= 4 is 35.6 Å². The van der Waals surface area contributed by atoms with Gasteiger partial charge in [0.25, 0.3) is 0 Å². The zero-order valence-electron chi connectivity index (χ0n) is 5.28. The summed E-state index contributed by atoms with van der Waals surface area (Å²) >= 11 is 6.72.